The van der Waals surface area contributed by atoms with Gasteiger partial charge in [0.2, 0.25) is 0 Å². The van der Waals surface area contributed by atoms with Gasteiger partial charge < -0.3 is 9.32 Å². The van der Waals surface area contributed by atoms with Crippen molar-refractivity contribution in [3.63, 3.8) is 0 Å². The molecule has 11 aromatic carbocycles. The Kier molecular flexibility index (Phi) is 7.89. The first-order valence-corrected chi connectivity index (χ1v) is 20.6. The second-order valence-corrected chi connectivity index (χ2v) is 15.6. The van der Waals surface area contributed by atoms with Gasteiger partial charge in [-0.3, -0.25) is 0 Å². The van der Waals surface area contributed by atoms with Crippen molar-refractivity contribution in [2.45, 2.75) is 0 Å². The van der Waals surface area contributed by atoms with Gasteiger partial charge in [0.15, 0.2) is 5.58 Å². The summed E-state index contributed by atoms with van der Waals surface area (Å²) in [4.78, 5) is 2.40. The number of benzene rings is 11. The van der Waals surface area contributed by atoms with Gasteiger partial charge in [-0.15, -0.1) is 0 Å². The molecule has 0 aliphatic carbocycles. The average molecular weight is 764 g/mol. The number of fused-ring (bicyclic) bond motifs is 9. The molecule has 0 N–H and O–H groups in total. The van der Waals surface area contributed by atoms with Gasteiger partial charge in [0.25, 0.3) is 0 Å². The zero-order valence-corrected chi connectivity index (χ0v) is 32.7. The van der Waals surface area contributed by atoms with Gasteiger partial charge >= 0.3 is 0 Å². The number of para-hydroxylation sites is 3. The summed E-state index contributed by atoms with van der Waals surface area (Å²) in [5.41, 5.74) is 12.0. The second-order valence-electron chi connectivity index (χ2n) is 15.6. The molecule has 0 aliphatic rings. The van der Waals surface area contributed by atoms with Crippen LogP contribution in [0.15, 0.2) is 229 Å². The Morgan fingerprint density at radius 2 is 0.867 bits per heavy atom. The number of hydrogen-bond acceptors (Lipinski definition) is 2. The van der Waals surface area contributed by atoms with Crippen molar-refractivity contribution in [3.8, 4) is 33.4 Å². The predicted molar refractivity (Wildman–Crippen MR) is 255 cm³/mol. The highest BCUT2D eigenvalue weighted by Crippen LogP contribution is 2.49. The standard InChI is InChI=1S/C58H37NO/c1-3-17-39(18-4-1)56-50-25-10-9-23-47(50)48-34-32-42(37-52(48)57(56)40-19-5-2-6-20-40)46-22-11-13-27-53(46)59(54-28-15-26-51-49-24-12-14-29-55(49)60-58(51)54)43-33-35-45-41(36-43)31-30-38-16-7-8-21-44(38)45/h1-37H. The van der Waals surface area contributed by atoms with E-state index < -0.39 is 0 Å². The number of nitrogens with zero attached hydrogens (tertiary/aromatic N) is 1. The van der Waals surface area contributed by atoms with Crippen molar-refractivity contribution in [2.75, 3.05) is 4.90 Å². The van der Waals surface area contributed by atoms with E-state index in [1.807, 2.05) is 6.07 Å². The molecule has 0 spiro atoms. The van der Waals surface area contributed by atoms with Crippen LogP contribution >= 0.6 is 0 Å². The third-order valence-corrected chi connectivity index (χ3v) is 12.2. The third-order valence-electron chi connectivity index (χ3n) is 12.2. The van der Waals surface area contributed by atoms with Crippen molar-refractivity contribution < 1.29 is 4.42 Å². The minimum atomic E-state index is 0.857. The second kappa shape index (κ2) is 13.9. The van der Waals surface area contributed by atoms with E-state index in [0.29, 0.717) is 0 Å². The maximum Gasteiger partial charge on any atom is 0.159 e. The lowest BCUT2D eigenvalue weighted by atomic mass is 9.84. The fourth-order valence-electron chi connectivity index (χ4n) is 9.54. The maximum absolute atomic E-state index is 6.78. The minimum absolute atomic E-state index is 0.857. The third kappa shape index (κ3) is 5.42. The van der Waals surface area contributed by atoms with E-state index in [2.05, 4.69) is 223 Å². The van der Waals surface area contributed by atoms with Crippen molar-refractivity contribution in [2.24, 2.45) is 0 Å². The highest BCUT2D eigenvalue weighted by molar-refractivity contribution is 6.22. The number of furan rings is 1. The lowest BCUT2D eigenvalue weighted by molar-refractivity contribution is 0.669. The number of hydrogen-bond donors (Lipinski definition) is 0. The summed E-state index contributed by atoms with van der Waals surface area (Å²) in [5, 5.41) is 12.0. The van der Waals surface area contributed by atoms with Gasteiger partial charge in [0.05, 0.1) is 11.4 Å². The van der Waals surface area contributed by atoms with Gasteiger partial charge in [0.1, 0.15) is 5.58 Å². The van der Waals surface area contributed by atoms with Gasteiger partial charge in [-0.2, -0.15) is 0 Å². The lowest BCUT2D eigenvalue weighted by Crippen LogP contribution is -2.11. The Balaban J connectivity index is 1.14. The molecule has 2 nitrogen and oxygen atoms in total. The monoisotopic (exact) mass is 763 g/mol. The normalized spacial score (nSPS) is 11.7. The highest BCUT2D eigenvalue weighted by atomic mass is 16.3. The maximum atomic E-state index is 6.78. The van der Waals surface area contributed by atoms with Crippen molar-refractivity contribution in [1.29, 1.82) is 0 Å². The Morgan fingerprint density at radius 3 is 1.68 bits per heavy atom. The first kappa shape index (κ1) is 34.1. The topological polar surface area (TPSA) is 16.4 Å². The molecule has 12 rings (SSSR count). The molecular weight excluding hydrogens is 727 g/mol. The largest absolute Gasteiger partial charge is 0.454 e. The highest BCUT2D eigenvalue weighted by Gasteiger charge is 2.24. The molecule has 0 saturated carbocycles. The molecule has 0 unspecified atom stereocenters. The molecule has 0 amide bonds. The summed E-state index contributed by atoms with van der Waals surface area (Å²) < 4.78 is 6.78. The molecule has 0 aliphatic heterocycles. The first-order valence-electron chi connectivity index (χ1n) is 20.6. The molecule has 0 saturated heterocycles. The van der Waals surface area contributed by atoms with E-state index in [-0.39, 0.29) is 0 Å². The zero-order valence-electron chi connectivity index (χ0n) is 32.7. The van der Waals surface area contributed by atoms with Crippen molar-refractivity contribution in [3.05, 3.63) is 224 Å². The van der Waals surface area contributed by atoms with E-state index in [1.165, 1.54) is 65.3 Å². The number of rotatable bonds is 6. The molecule has 0 bridgehead atoms. The number of anilines is 3. The van der Waals surface area contributed by atoms with E-state index in [1.54, 1.807) is 0 Å². The van der Waals surface area contributed by atoms with Crippen LogP contribution in [-0.2, 0) is 0 Å². The molecule has 12 aromatic rings. The lowest BCUT2D eigenvalue weighted by Gasteiger charge is -2.28. The summed E-state index contributed by atoms with van der Waals surface area (Å²) in [6, 6.07) is 81.3. The Morgan fingerprint density at radius 1 is 0.300 bits per heavy atom. The van der Waals surface area contributed by atoms with Gasteiger partial charge in [-0.05, 0) is 107 Å². The molecule has 0 atom stereocenters. The van der Waals surface area contributed by atoms with Gasteiger partial charge in [-0.1, -0.05) is 188 Å². The summed E-state index contributed by atoms with van der Waals surface area (Å²) in [5.74, 6) is 0. The van der Waals surface area contributed by atoms with Crippen LogP contribution < -0.4 is 4.90 Å². The quantitative estimate of drug-likeness (QED) is 0.157. The van der Waals surface area contributed by atoms with E-state index >= 15 is 0 Å². The summed E-state index contributed by atoms with van der Waals surface area (Å²) >= 11 is 0. The molecular formula is C58H37NO. The van der Waals surface area contributed by atoms with Crippen LogP contribution in [0.25, 0.3) is 98.4 Å². The fraction of sp³-hybridized carbons (Fsp3) is 0. The van der Waals surface area contributed by atoms with Crippen molar-refractivity contribution in [1.82, 2.24) is 0 Å². The smallest absolute Gasteiger partial charge is 0.159 e. The predicted octanol–water partition coefficient (Wildman–Crippen LogP) is 16.7. The van der Waals surface area contributed by atoms with Crippen LogP contribution in [0.1, 0.15) is 0 Å². The van der Waals surface area contributed by atoms with Crippen LogP contribution in [0.4, 0.5) is 17.1 Å². The first-order chi connectivity index (χ1) is 29.8. The van der Waals surface area contributed by atoms with E-state index in [9.17, 15) is 0 Å². The molecule has 60 heavy (non-hydrogen) atoms. The van der Waals surface area contributed by atoms with Gasteiger partial charge in [-0.25, -0.2) is 0 Å². The summed E-state index contributed by atoms with van der Waals surface area (Å²) in [6.45, 7) is 0. The van der Waals surface area contributed by atoms with E-state index in [0.717, 1.165) is 50.1 Å². The molecule has 0 radical (unpaired) electrons. The fourth-order valence-corrected chi connectivity index (χ4v) is 9.54. The molecule has 0 fully saturated rings. The Hall–Kier alpha value is -7.94. The zero-order chi connectivity index (χ0) is 39.6. The van der Waals surface area contributed by atoms with Crippen LogP contribution in [0.3, 0.4) is 0 Å². The van der Waals surface area contributed by atoms with Crippen LogP contribution in [0, 0.1) is 0 Å². The summed E-state index contributed by atoms with van der Waals surface area (Å²) in [7, 11) is 0. The molecule has 2 heteroatoms. The Bertz CT molecular complexity index is 3600. The molecule has 1 heterocycles. The van der Waals surface area contributed by atoms with Crippen LogP contribution in [0.5, 0.6) is 0 Å². The molecule has 1 aromatic heterocycles. The summed E-state index contributed by atoms with van der Waals surface area (Å²) in [6.07, 6.45) is 0. The average Bonchev–Trinajstić information content (AvgIpc) is 3.71. The van der Waals surface area contributed by atoms with Crippen LogP contribution in [0.2, 0.25) is 0 Å². The SMILES string of the molecule is c1ccc(-c2c(-c3ccccc3)c3cc(-c4ccccc4N(c4ccc5c(ccc6ccccc65)c4)c4cccc5c4oc4ccccc45)ccc3c3ccccc23)cc1. The van der Waals surface area contributed by atoms with Crippen LogP contribution in [-0.4, -0.2) is 0 Å². The van der Waals surface area contributed by atoms with Gasteiger partial charge in [0, 0.05) is 22.0 Å². The minimum Gasteiger partial charge on any atom is -0.454 e. The molecule has 280 valence electrons. The Labute approximate surface area is 347 Å². The van der Waals surface area contributed by atoms with Crippen molar-refractivity contribution >= 4 is 82.1 Å². The van der Waals surface area contributed by atoms with E-state index in [4.69, 9.17) is 4.42 Å².